The van der Waals surface area contributed by atoms with Crippen molar-refractivity contribution in [2.75, 3.05) is 23.4 Å². The van der Waals surface area contributed by atoms with Crippen LogP contribution in [0.15, 0.2) is 24.3 Å². The van der Waals surface area contributed by atoms with E-state index < -0.39 is 21.7 Å². The number of benzene rings is 1. The topological polar surface area (TPSA) is 66.5 Å². The standard InChI is InChI=1S/C13H17FN2O3S/c1-10-6-8-20(18,19)9-7-16(10)13(17)15-12-5-3-2-4-11(12)14/h2-5,10H,6-9H2,1H3,(H,15,17)/t10-/m0/s1. The minimum absolute atomic E-state index is 0.0535. The van der Waals surface area contributed by atoms with Crippen LogP contribution in [0.3, 0.4) is 0 Å². The Labute approximate surface area is 117 Å². The lowest BCUT2D eigenvalue weighted by Crippen LogP contribution is -2.42. The zero-order valence-corrected chi connectivity index (χ0v) is 12.0. The number of halogens is 1. The zero-order valence-electron chi connectivity index (χ0n) is 11.2. The Hall–Kier alpha value is -1.63. The Morgan fingerprint density at radius 1 is 1.35 bits per heavy atom. The minimum atomic E-state index is -3.10. The monoisotopic (exact) mass is 300 g/mol. The van der Waals surface area contributed by atoms with E-state index in [4.69, 9.17) is 0 Å². The predicted octanol–water partition coefficient (Wildman–Crippen LogP) is 1.87. The number of nitrogens with zero attached hydrogens (tertiary/aromatic N) is 1. The third-order valence-corrected chi connectivity index (χ3v) is 5.06. The molecule has 0 aliphatic carbocycles. The summed E-state index contributed by atoms with van der Waals surface area (Å²) in [7, 11) is -3.10. The first-order valence-corrected chi connectivity index (χ1v) is 8.24. The number of carbonyl (C=O) groups is 1. The molecule has 0 spiro atoms. The Kier molecular flexibility index (Phi) is 4.27. The van der Waals surface area contributed by atoms with Crippen molar-refractivity contribution < 1.29 is 17.6 Å². The third-order valence-electron chi connectivity index (χ3n) is 3.40. The van der Waals surface area contributed by atoms with Gasteiger partial charge in [0.2, 0.25) is 0 Å². The van der Waals surface area contributed by atoms with E-state index in [0.29, 0.717) is 6.42 Å². The SMILES string of the molecule is C[C@H]1CCS(=O)(=O)CCN1C(=O)Nc1ccccc1F. The van der Waals surface area contributed by atoms with E-state index in [1.807, 2.05) is 0 Å². The van der Waals surface area contributed by atoms with Crippen molar-refractivity contribution in [1.82, 2.24) is 4.90 Å². The highest BCUT2D eigenvalue weighted by atomic mass is 32.2. The summed E-state index contributed by atoms with van der Waals surface area (Å²) in [5.41, 5.74) is 0.0943. The molecule has 1 atom stereocenters. The maximum absolute atomic E-state index is 13.5. The second-order valence-electron chi connectivity index (χ2n) is 4.89. The Balaban J connectivity index is 2.10. The van der Waals surface area contributed by atoms with Crippen molar-refractivity contribution in [2.24, 2.45) is 0 Å². The van der Waals surface area contributed by atoms with Crippen LogP contribution in [0.5, 0.6) is 0 Å². The normalized spacial score (nSPS) is 22.1. The lowest BCUT2D eigenvalue weighted by atomic mass is 10.2. The molecule has 110 valence electrons. The summed E-state index contributed by atoms with van der Waals surface area (Å²) in [4.78, 5) is 13.6. The molecular formula is C13H17FN2O3S. The number of anilines is 1. The first kappa shape index (κ1) is 14.8. The predicted molar refractivity (Wildman–Crippen MR) is 74.9 cm³/mol. The lowest BCUT2D eigenvalue weighted by molar-refractivity contribution is 0.197. The number of hydrogen-bond donors (Lipinski definition) is 1. The quantitative estimate of drug-likeness (QED) is 0.861. The van der Waals surface area contributed by atoms with Crippen LogP contribution in [0.2, 0.25) is 0 Å². The van der Waals surface area contributed by atoms with Crippen molar-refractivity contribution in [3.63, 3.8) is 0 Å². The number of sulfone groups is 1. The fourth-order valence-corrected chi connectivity index (χ4v) is 3.50. The first-order chi connectivity index (χ1) is 9.39. The number of carbonyl (C=O) groups excluding carboxylic acids is 1. The van der Waals surface area contributed by atoms with Gasteiger partial charge in [-0.25, -0.2) is 17.6 Å². The fourth-order valence-electron chi connectivity index (χ4n) is 2.12. The molecule has 20 heavy (non-hydrogen) atoms. The van der Waals surface area contributed by atoms with Gasteiger partial charge in [0.15, 0.2) is 9.84 Å². The molecule has 0 unspecified atom stereocenters. The van der Waals surface area contributed by atoms with Gasteiger partial charge in [-0.2, -0.15) is 0 Å². The molecular weight excluding hydrogens is 283 g/mol. The molecule has 1 N–H and O–H groups in total. The molecule has 0 radical (unpaired) electrons. The molecule has 0 aromatic heterocycles. The smallest absolute Gasteiger partial charge is 0.321 e. The summed E-state index contributed by atoms with van der Waals surface area (Å²) < 4.78 is 36.6. The van der Waals surface area contributed by atoms with Gasteiger partial charge in [0, 0.05) is 12.6 Å². The largest absolute Gasteiger partial charge is 0.322 e. The van der Waals surface area contributed by atoms with Crippen LogP contribution in [0, 0.1) is 5.82 Å². The third kappa shape index (κ3) is 3.47. The summed E-state index contributed by atoms with van der Waals surface area (Å²) in [6, 6.07) is 5.21. The van der Waals surface area contributed by atoms with Gasteiger partial charge in [-0.05, 0) is 25.5 Å². The van der Waals surface area contributed by atoms with E-state index >= 15 is 0 Å². The fraction of sp³-hybridized carbons (Fsp3) is 0.462. The summed E-state index contributed by atoms with van der Waals surface area (Å²) in [5.74, 6) is -0.490. The highest BCUT2D eigenvalue weighted by molar-refractivity contribution is 7.91. The molecule has 1 aliphatic rings. The van der Waals surface area contributed by atoms with Gasteiger partial charge in [0.05, 0.1) is 17.2 Å². The summed E-state index contributed by atoms with van der Waals surface area (Å²) in [6.07, 6.45) is 0.396. The summed E-state index contributed by atoms with van der Waals surface area (Å²) in [5, 5.41) is 2.48. The van der Waals surface area contributed by atoms with Crippen molar-refractivity contribution in [2.45, 2.75) is 19.4 Å². The number of urea groups is 1. The molecule has 1 fully saturated rings. The van der Waals surface area contributed by atoms with Gasteiger partial charge in [0.25, 0.3) is 0 Å². The Bertz CT molecular complexity index is 603. The number of hydrogen-bond acceptors (Lipinski definition) is 3. The lowest BCUT2D eigenvalue weighted by Gasteiger charge is -2.26. The average Bonchev–Trinajstić information content (AvgIpc) is 2.52. The second kappa shape index (κ2) is 5.78. The molecule has 1 saturated heterocycles. The van der Waals surface area contributed by atoms with Crippen molar-refractivity contribution in [1.29, 1.82) is 0 Å². The molecule has 2 rings (SSSR count). The zero-order chi connectivity index (χ0) is 14.8. The van der Waals surface area contributed by atoms with Crippen LogP contribution in [-0.4, -0.2) is 43.4 Å². The van der Waals surface area contributed by atoms with E-state index in [1.165, 1.54) is 23.1 Å². The molecule has 1 aliphatic heterocycles. The van der Waals surface area contributed by atoms with E-state index in [2.05, 4.69) is 5.32 Å². The minimum Gasteiger partial charge on any atom is -0.321 e. The summed E-state index contributed by atoms with van der Waals surface area (Å²) >= 11 is 0. The Morgan fingerprint density at radius 2 is 2.05 bits per heavy atom. The molecule has 5 nitrogen and oxygen atoms in total. The molecule has 2 amide bonds. The van der Waals surface area contributed by atoms with Crippen LogP contribution in [0.4, 0.5) is 14.9 Å². The van der Waals surface area contributed by atoms with E-state index in [1.54, 1.807) is 13.0 Å². The van der Waals surface area contributed by atoms with Gasteiger partial charge in [0.1, 0.15) is 5.82 Å². The van der Waals surface area contributed by atoms with Crippen LogP contribution >= 0.6 is 0 Å². The number of amides is 2. The highest BCUT2D eigenvalue weighted by Crippen LogP contribution is 2.17. The number of nitrogens with one attached hydrogen (secondary N) is 1. The Morgan fingerprint density at radius 3 is 2.75 bits per heavy atom. The van der Waals surface area contributed by atoms with Gasteiger partial charge in [-0.1, -0.05) is 12.1 Å². The van der Waals surface area contributed by atoms with Crippen LogP contribution < -0.4 is 5.32 Å². The van der Waals surface area contributed by atoms with Crippen molar-refractivity contribution in [3.05, 3.63) is 30.1 Å². The number of rotatable bonds is 1. The highest BCUT2D eigenvalue weighted by Gasteiger charge is 2.28. The van der Waals surface area contributed by atoms with E-state index in [0.717, 1.165) is 0 Å². The molecule has 1 heterocycles. The molecule has 7 heteroatoms. The van der Waals surface area contributed by atoms with Gasteiger partial charge >= 0.3 is 6.03 Å². The molecule has 1 aromatic carbocycles. The average molecular weight is 300 g/mol. The van der Waals surface area contributed by atoms with Gasteiger partial charge < -0.3 is 10.2 Å². The molecule has 0 saturated carbocycles. The second-order valence-corrected chi connectivity index (χ2v) is 7.20. The van der Waals surface area contributed by atoms with Crippen LogP contribution in [0.25, 0.3) is 0 Å². The molecule has 1 aromatic rings. The number of para-hydroxylation sites is 1. The van der Waals surface area contributed by atoms with E-state index in [9.17, 15) is 17.6 Å². The maximum Gasteiger partial charge on any atom is 0.322 e. The van der Waals surface area contributed by atoms with Gasteiger partial charge in [-0.3, -0.25) is 0 Å². The van der Waals surface area contributed by atoms with Crippen molar-refractivity contribution in [3.8, 4) is 0 Å². The van der Waals surface area contributed by atoms with Gasteiger partial charge in [-0.15, -0.1) is 0 Å². The van der Waals surface area contributed by atoms with Crippen LogP contribution in [0.1, 0.15) is 13.3 Å². The van der Waals surface area contributed by atoms with Crippen molar-refractivity contribution >= 4 is 21.6 Å². The van der Waals surface area contributed by atoms with Crippen LogP contribution in [-0.2, 0) is 9.84 Å². The summed E-state index contributed by atoms with van der Waals surface area (Å²) in [6.45, 7) is 1.92. The molecule has 0 bridgehead atoms. The maximum atomic E-state index is 13.5. The van der Waals surface area contributed by atoms with E-state index in [-0.39, 0.29) is 29.8 Å². The first-order valence-electron chi connectivity index (χ1n) is 6.41.